The number of fused-ring (bicyclic) bond motifs is 9. The topological polar surface area (TPSA) is 74.3 Å². The van der Waals surface area contributed by atoms with Crippen molar-refractivity contribution in [3.63, 3.8) is 0 Å². The molecule has 9 aromatic carbocycles. The van der Waals surface area contributed by atoms with Crippen molar-refractivity contribution in [3.05, 3.63) is 235 Å². The molecule has 4 aromatic heterocycles. The van der Waals surface area contributed by atoms with Gasteiger partial charge in [0.1, 0.15) is 0 Å². The second kappa shape index (κ2) is 15.9. The Morgan fingerprint density at radius 1 is 0.352 bits per heavy atom. The smallest absolute Gasteiger partial charge is 0.238 e. The Kier molecular flexibility index (Phi) is 9.10. The van der Waals surface area contributed by atoms with Crippen LogP contribution in [-0.2, 0) is 5.41 Å². The normalized spacial score (nSPS) is 13.1. The minimum absolute atomic E-state index is 0.322. The molecule has 13 aromatic rings. The first-order chi connectivity index (χ1) is 35.0. The third-order valence-corrected chi connectivity index (χ3v) is 14.4. The molecule has 0 saturated heterocycles. The molecule has 4 heterocycles. The Labute approximate surface area is 409 Å². The summed E-state index contributed by atoms with van der Waals surface area (Å²) in [5, 5.41) is 6.87. The van der Waals surface area contributed by atoms with Gasteiger partial charge in [0.2, 0.25) is 11.9 Å². The number of allylic oxidation sites excluding steroid dienone is 1. The maximum absolute atomic E-state index is 5.52. The van der Waals surface area contributed by atoms with Gasteiger partial charge in [0.15, 0.2) is 11.6 Å². The van der Waals surface area contributed by atoms with Gasteiger partial charge in [-0.1, -0.05) is 196 Å². The molecule has 0 N–H and O–H groups in total. The molecular weight excluding hydrogens is 867 g/mol. The summed E-state index contributed by atoms with van der Waals surface area (Å²) < 4.78 is 4.45. The van der Waals surface area contributed by atoms with Gasteiger partial charge in [0.25, 0.3) is 0 Å². The molecule has 1 aliphatic carbocycles. The van der Waals surface area contributed by atoms with Crippen molar-refractivity contribution in [1.82, 2.24) is 34.1 Å². The van der Waals surface area contributed by atoms with Gasteiger partial charge in [0, 0.05) is 49.2 Å². The van der Waals surface area contributed by atoms with Gasteiger partial charge in [-0.2, -0.15) is 9.97 Å². The number of para-hydroxylation sites is 1. The quantitative estimate of drug-likeness (QED) is 0.159. The second-order valence-electron chi connectivity index (χ2n) is 18.9. The summed E-state index contributed by atoms with van der Waals surface area (Å²) in [4.78, 5) is 26.4. The number of nitrogens with zero attached hydrogens (tertiary/aromatic N) is 7. The lowest BCUT2D eigenvalue weighted by atomic mass is 9.77. The van der Waals surface area contributed by atoms with Crippen molar-refractivity contribution in [3.8, 4) is 57.1 Å². The van der Waals surface area contributed by atoms with Crippen LogP contribution in [0.2, 0.25) is 0 Å². The van der Waals surface area contributed by atoms with E-state index in [9.17, 15) is 0 Å². The van der Waals surface area contributed by atoms with E-state index in [4.69, 9.17) is 24.9 Å². The van der Waals surface area contributed by atoms with E-state index in [2.05, 4.69) is 187 Å². The molecule has 0 unspecified atom stereocenters. The fourth-order valence-electron chi connectivity index (χ4n) is 11.1. The van der Waals surface area contributed by atoms with Crippen molar-refractivity contribution < 1.29 is 0 Å². The van der Waals surface area contributed by atoms with Crippen molar-refractivity contribution in [2.75, 3.05) is 0 Å². The van der Waals surface area contributed by atoms with E-state index < -0.39 is 0 Å². The van der Waals surface area contributed by atoms with Crippen LogP contribution in [0.5, 0.6) is 0 Å². The highest BCUT2D eigenvalue weighted by Crippen LogP contribution is 2.50. The van der Waals surface area contributed by atoms with Crippen LogP contribution in [0, 0.1) is 0 Å². The third-order valence-electron chi connectivity index (χ3n) is 14.4. The zero-order valence-corrected chi connectivity index (χ0v) is 39.0. The van der Waals surface area contributed by atoms with Crippen LogP contribution in [-0.4, -0.2) is 34.1 Å². The molecule has 0 aliphatic heterocycles. The maximum atomic E-state index is 5.52. The summed E-state index contributed by atoms with van der Waals surface area (Å²) in [7, 11) is 0. The molecule has 0 fully saturated rings. The van der Waals surface area contributed by atoms with Crippen LogP contribution in [0.4, 0.5) is 0 Å². The lowest BCUT2D eigenvalue weighted by Gasteiger charge is -2.27. The standard InChI is InChI=1S/C64H43N7/c1-64(2)51(41-20-7-3-8-21-41)39-52-58(64)59(42-22-9-4-10-23-42)66-62(65-52)70-53-30-18-17-29-48(53)49-37-45(32-34-54(49)70)46-33-35-55-50(38-46)57-47-28-16-15-19-40(47)31-36-56(57)71(55)63-68-60(43-24-11-5-12-25-43)67-61(69-63)44-26-13-6-14-27-44/h3-39H,1-2H3. The molecule has 334 valence electrons. The van der Waals surface area contributed by atoms with Crippen LogP contribution < -0.4 is 0 Å². The summed E-state index contributed by atoms with van der Waals surface area (Å²) in [6.45, 7) is 4.59. The van der Waals surface area contributed by atoms with Crippen LogP contribution in [0.1, 0.15) is 30.7 Å². The zero-order valence-electron chi connectivity index (χ0n) is 39.0. The minimum Gasteiger partial charge on any atom is -0.278 e. The molecule has 0 spiro atoms. The second-order valence-corrected chi connectivity index (χ2v) is 18.9. The van der Waals surface area contributed by atoms with E-state index in [1.807, 2.05) is 60.7 Å². The van der Waals surface area contributed by atoms with Gasteiger partial charge in [-0.25, -0.2) is 15.0 Å². The number of benzene rings is 9. The highest BCUT2D eigenvalue weighted by atomic mass is 15.2. The number of hydrogen-bond donors (Lipinski definition) is 0. The van der Waals surface area contributed by atoms with Gasteiger partial charge >= 0.3 is 0 Å². The Bertz CT molecular complexity index is 4230. The van der Waals surface area contributed by atoms with Gasteiger partial charge in [-0.3, -0.25) is 9.13 Å². The van der Waals surface area contributed by atoms with Crippen LogP contribution in [0.3, 0.4) is 0 Å². The Morgan fingerprint density at radius 2 is 0.845 bits per heavy atom. The van der Waals surface area contributed by atoms with Crippen molar-refractivity contribution in [2.45, 2.75) is 19.3 Å². The van der Waals surface area contributed by atoms with E-state index in [0.29, 0.717) is 23.5 Å². The minimum atomic E-state index is -0.322. The number of rotatable bonds is 7. The average Bonchev–Trinajstić information content (AvgIpc) is 4.05. The van der Waals surface area contributed by atoms with Crippen LogP contribution >= 0.6 is 0 Å². The van der Waals surface area contributed by atoms with E-state index in [1.165, 1.54) is 21.9 Å². The van der Waals surface area contributed by atoms with E-state index in [-0.39, 0.29) is 5.41 Å². The average molecular weight is 910 g/mol. The highest BCUT2D eigenvalue weighted by Gasteiger charge is 2.38. The summed E-state index contributed by atoms with van der Waals surface area (Å²) in [5.41, 5.74) is 14.4. The van der Waals surface area contributed by atoms with Gasteiger partial charge in [-0.15, -0.1) is 0 Å². The monoisotopic (exact) mass is 909 g/mol. The van der Waals surface area contributed by atoms with Gasteiger partial charge in [-0.05, 0) is 75.5 Å². The Morgan fingerprint density at radius 3 is 1.51 bits per heavy atom. The first-order valence-electron chi connectivity index (χ1n) is 24.1. The molecule has 0 radical (unpaired) electrons. The lowest BCUT2D eigenvalue weighted by molar-refractivity contribution is 0.696. The first-order valence-corrected chi connectivity index (χ1v) is 24.1. The number of aromatic nitrogens is 7. The fourth-order valence-corrected chi connectivity index (χ4v) is 11.1. The van der Waals surface area contributed by atoms with Crippen molar-refractivity contribution >= 4 is 66.0 Å². The Hall–Kier alpha value is -9.33. The summed E-state index contributed by atoms with van der Waals surface area (Å²) in [5.74, 6) is 2.45. The molecule has 7 nitrogen and oxygen atoms in total. The molecule has 1 aliphatic rings. The molecule has 14 rings (SSSR count). The highest BCUT2D eigenvalue weighted by molar-refractivity contribution is 6.22. The van der Waals surface area contributed by atoms with Crippen LogP contribution in [0.15, 0.2) is 218 Å². The van der Waals surface area contributed by atoms with Gasteiger partial charge in [0.05, 0.1) is 33.5 Å². The molecule has 0 atom stereocenters. The summed E-state index contributed by atoms with van der Waals surface area (Å²) >= 11 is 0. The maximum Gasteiger partial charge on any atom is 0.238 e. The predicted octanol–water partition coefficient (Wildman–Crippen LogP) is 15.5. The first kappa shape index (κ1) is 40.7. The SMILES string of the molecule is CC1(C)C(c2ccccc2)=Cc2nc(-n3c4ccccc4c4cc(-c5ccc6c(c5)c5c7ccccc7ccc5n6-c5nc(-c6ccccc6)nc(-c6ccccc6)n5)ccc43)nc(-c3ccccc3)c21. The molecular formula is C64H43N7. The molecule has 7 heteroatoms. The largest absolute Gasteiger partial charge is 0.278 e. The van der Waals surface area contributed by atoms with Gasteiger partial charge < -0.3 is 0 Å². The zero-order chi connectivity index (χ0) is 47.2. The lowest BCUT2D eigenvalue weighted by Crippen LogP contribution is -2.19. The Balaban J connectivity index is 0.964. The molecule has 0 amide bonds. The van der Waals surface area contributed by atoms with Crippen molar-refractivity contribution in [2.24, 2.45) is 0 Å². The van der Waals surface area contributed by atoms with Crippen molar-refractivity contribution in [1.29, 1.82) is 0 Å². The molecule has 0 saturated carbocycles. The third kappa shape index (κ3) is 6.47. The van der Waals surface area contributed by atoms with E-state index >= 15 is 0 Å². The summed E-state index contributed by atoms with van der Waals surface area (Å²) in [6.07, 6.45) is 2.27. The summed E-state index contributed by atoms with van der Waals surface area (Å²) in [6, 6.07) is 76.8. The predicted molar refractivity (Wildman–Crippen MR) is 291 cm³/mol. The molecule has 0 bridgehead atoms. The van der Waals surface area contributed by atoms with E-state index in [1.54, 1.807) is 0 Å². The number of hydrogen-bond acceptors (Lipinski definition) is 5. The fraction of sp³-hybridized carbons (Fsp3) is 0.0469. The van der Waals surface area contributed by atoms with Crippen LogP contribution in [0.25, 0.3) is 123 Å². The van der Waals surface area contributed by atoms with E-state index in [0.717, 1.165) is 88.4 Å². The molecule has 71 heavy (non-hydrogen) atoms.